The summed E-state index contributed by atoms with van der Waals surface area (Å²) in [6.45, 7) is 7.05. The number of ether oxygens (including phenoxy) is 2. The number of benzene rings is 2. The van der Waals surface area contributed by atoms with Crippen LogP contribution in [0.25, 0.3) is 6.08 Å². The summed E-state index contributed by atoms with van der Waals surface area (Å²) in [6, 6.07) is 16.4. The van der Waals surface area contributed by atoms with Gasteiger partial charge in [0.15, 0.2) is 0 Å². The van der Waals surface area contributed by atoms with E-state index in [4.69, 9.17) is 9.47 Å². The van der Waals surface area contributed by atoms with E-state index in [1.165, 1.54) is 5.56 Å². The van der Waals surface area contributed by atoms with Crippen LogP contribution in [0.15, 0.2) is 54.1 Å². The van der Waals surface area contributed by atoms with Crippen molar-refractivity contribution < 1.29 is 19.4 Å². The molecule has 0 aromatic heterocycles. The van der Waals surface area contributed by atoms with E-state index in [0.29, 0.717) is 25.2 Å². The lowest BCUT2D eigenvalue weighted by Crippen LogP contribution is -2.31. The van der Waals surface area contributed by atoms with Gasteiger partial charge in [0, 0.05) is 24.4 Å². The van der Waals surface area contributed by atoms with Crippen LogP contribution >= 0.6 is 0 Å². The van der Waals surface area contributed by atoms with E-state index in [2.05, 4.69) is 36.9 Å². The third kappa shape index (κ3) is 6.11. The molecule has 1 heterocycles. The summed E-state index contributed by atoms with van der Waals surface area (Å²) in [6.07, 6.45) is 5.12. The Kier molecular flexibility index (Phi) is 8.53. The van der Waals surface area contributed by atoms with Crippen molar-refractivity contribution in [3.63, 3.8) is 0 Å². The fourth-order valence-corrected chi connectivity index (χ4v) is 4.03. The molecule has 0 saturated carbocycles. The topological polar surface area (TPSA) is 59.0 Å². The molecule has 0 fully saturated rings. The quantitative estimate of drug-likeness (QED) is 0.496. The van der Waals surface area contributed by atoms with Crippen LogP contribution in [0.5, 0.6) is 5.75 Å². The molecule has 1 aliphatic rings. The number of rotatable bonds is 10. The average Bonchev–Trinajstić information content (AvgIpc) is 2.77. The van der Waals surface area contributed by atoms with E-state index < -0.39 is 5.97 Å². The fraction of sp³-hybridized carbons (Fsp3) is 0.423. The molecule has 1 N–H and O–H groups in total. The minimum absolute atomic E-state index is 0.103. The summed E-state index contributed by atoms with van der Waals surface area (Å²) in [5, 5.41) is 9.67. The lowest BCUT2D eigenvalue weighted by molar-refractivity contribution is -0.132. The summed E-state index contributed by atoms with van der Waals surface area (Å²) in [7, 11) is 0. The molecule has 5 heteroatoms. The molecule has 2 aromatic carbocycles. The third-order valence-electron chi connectivity index (χ3n) is 5.49. The number of aliphatic carboxylic acids is 1. The molecule has 31 heavy (non-hydrogen) atoms. The van der Waals surface area contributed by atoms with Crippen molar-refractivity contribution in [3.8, 4) is 5.75 Å². The van der Waals surface area contributed by atoms with E-state index in [-0.39, 0.29) is 6.04 Å². The second kappa shape index (κ2) is 11.6. The lowest BCUT2D eigenvalue weighted by Gasteiger charge is -2.36. The van der Waals surface area contributed by atoms with Gasteiger partial charge in [0.1, 0.15) is 12.4 Å². The highest BCUT2D eigenvalue weighted by Crippen LogP contribution is 2.38. The van der Waals surface area contributed by atoms with Crippen molar-refractivity contribution in [1.29, 1.82) is 0 Å². The summed E-state index contributed by atoms with van der Waals surface area (Å²) in [5.74, 6) is -0.0187. The summed E-state index contributed by atoms with van der Waals surface area (Å²) < 4.78 is 11.3. The predicted molar refractivity (Wildman–Crippen MR) is 125 cm³/mol. The number of fused-ring (bicyclic) bond motifs is 1. The molecule has 0 radical (unpaired) electrons. The molecule has 166 valence electrons. The number of carbonyl (C=O) groups is 1. The number of nitrogens with zero attached hydrogens (tertiary/aromatic N) is 1. The molecule has 1 atom stereocenters. The molecule has 0 aliphatic carbocycles. The Labute approximate surface area is 185 Å². The molecular weight excluding hydrogens is 390 g/mol. The average molecular weight is 424 g/mol. The van der Waals surface area contributed by atoms with E-state index in [9.17, 15) is 9.90 Å². The third-order valence-corrected chi connectivity index (χ3v) is 5.49. The molecule has 0 saturated heterocycles. The minimum Gasteiger partial charge on any atom is -0.491 e. The standard InChI is InChI=1S/C26H33NO4/c1-3-15-27-24-8-6-5-7-21(24)19-22(26(28)29)11-14-25(27)20-9-12-23(13-10-20)31-18-17-30-16-4-2/h5-10,12-13,19,25H,3-4,11,14-18H2,1-2H3,(H,28,29). The first-order valence-electron chi connectivity index (χ1n) is 11.2. The molecular formula is C26H33NO4. The predicted octanol–water partition coefficient (Wildman–Crippen LogP) is 5.71. The Morgan fingerprint density at radius 3 is 2.52 bits per heavy atom. The molecule has 2 aromatic rings. The first kappa shape index (κ1) is 22.9. The summed E-state index contributed by atoms with van der Waals surface area (Å²) in [5.41, 5.74) is 3.68. The van der Waals surface area contributed by atoms with Gasteiger partial charge in [0.2, 0.25) is 0 Å². The summed E-state index contributed by atoms with van der Waals surface area (Å²) >= 11 is 0. The lowest BCUT2D eigenvalue weighted by atomic mass is 9.92. The van der Waals surface area contributed by atoms with Crippen LogP contribution in [-0.4, -0.2) is 37.4 Å². The highest BCUT2D eigenvalue weighted by molar-refractivity contribution is 5.93. The van der Waals surface area contributed by atoms with E-state index in [0.717, 1.165) is 49.4 Å². The van der Waals surface area contributed by atoms with Gasteiger partial charge in [-0.25, -0.2) is 4.79 Å². The maximum atomic E-state index is 11.8. The first-order valence-corrected chi connectivity index (χ1v) is 11.2. The molecule has 1 unspecified atom stereocenters. The van der Waals surface area contributed by atoms with Crippen molar-refractivity contribution in [3.05, 3.63) is 65.2 Å². The normalized spacial score (nSPS) is 16.1. The van der Waals surface area contributed by atoms with E-state index >= 15 is 0 Å². The molecule has 0 bridgehead atoms. The second-order valence-electron chi connectivity index (χ2n) is 7.81. The van der Waals surface area contributed by atoms with Gasteiger partial charge in [0.25, 0.3) is 0 Å². The summed E-state index contributed by atoms with van der Waals surface area (Å²) in [4.78, 5) is 14.2. The highest BCUT2D eigenvalue weighted by Gasteiger charge is 2.25. The number of hydrogen-bond acceptors (Lipinski definition) is 4. The Balaban J connectivity index is 1.83. The molecule has 1 aliphatic heterocycles. The zero-order chi connectivity index (χ0) is 22.1. The number of hydrogen-bond donors (Lipinski definition) is 1. The van der Waals surface area contributed by atoms with Crippen LogP contribution in [0.4, 0.5) is 5.69 Å². The van der Waals surface area contributed by atoms with Gasteiger partial charge in [-0.05, 0) is 61.1 Å². The van der Waals surface area contributed by atoms with Crippen LogP contribution < -0.4 is 9.64 Å². The van der Waals surface area contributed by atoms with Crippen molar-refractivity contribution in [2.45, 2.75) is 45.6 Å². The van der Waals surface area contributed by atoms with Crippen LogP contribution in [0, 0.1) is 0 Å². The van der Waals surface area contributed by atoms with Gasteiger partial charge in [-0.2, -0.15) is 0 Å². The maximum absolute atomic E-state index is 11.8. The first-order chi connectivity index (χ1) is 15.1. The van der Waals surface area contributed by atoms with E-state index in [1.54, 1.807) is 0 Å². The second-order valence-corrected chi connectivity index (χ2v) is 7.81. The van der Waals surface area contributed by atoms with Crippen molar-refractivity contribution >= 4 is 17.7 Å². The zero-order valence-corrected chi connectivity index (χ0v) is 18.5. The van der Waals surface area contributed by atoms with Crippen LogP contribution in [0.3, 0.4) is 0 Å². The Morgan fingerprint density at radius 2 is 1.81 bits per heavy atom. The maximum Gasteiger partial charge on any atom is 0.331 e. The van der Waals surface area contributed by atoms with Gasteiger partial charge in [0.05, 0.1) is 12.6 Å². The van der Waals surface area contributed by atoms with E-state index in [1.807, 2.05) is 36.4 Å². The smallest absolute Gasteiger partial charge is 0.331 e. The Hall–Kier alpha value is -2.79. The van der Waals surface area contributed by atoms with Crippen molar-refractivity contribution in [2.75, 3.05) is 31.3 Å². The Bertz CT molecular complexity index is 875. The largest absolute Gasteiger partial charge is 0.491 e. The van der Waals surface area contributed by atoms with Gasteiger partial charge < -0.3 is 19.5 Å². The SMILES string of the molecule is CCCOCCOc1ccc(C2CCC(C(=O)O)=Cc3ccccc3N2CCC)cc1. The number of carboxylic acid groups (broad SMARTS) is 1. The number of anilines is 1. The molecule has 3 rings (SSSR count). The number of carboxylic acids is 1. The van der Waals surface area contributed by atoms with Gasteiger partial charge in [-0.15, -0.1) is 0 Å². The fourth-order valence-electron chi connectivity index (χ4n) is 4.03. The van der Waals surface area contributed by atoms with Gasteiger partial charge >= 0.3 is 5.97 Å². The zero-order valence-electron chi connectivity index (χ0n) is 18.5. The number of para-hydroxylation sites is 1. The minimum atomic E-state index is -0.841. The van der Waals surface area contributed by atoms with Crippen molar-refractivity contribution in [2.24, 2.45) is 0 Å². The molecule has 0 spiro atoms. The van der Waals surface area contributed by atoms with Crippen LogP contribution in [-0.2, 0) is 9.53 Å². The molecule has 0 amide bonds. The highest BCUT2D eigenvalue weighted by atomic mass is 16.5. The van der Waals surface area contributed by atoms with Crippen molar-refractivity contribution in [1.82, 2.24) is 0 Å². The molecule has 5 nitrogen and oxygen atoms in total. The monoisotopic (exact) mass is 423 g/mol. The van der Waals surface area contributed by atoms with Gasteiger partial charge in [-0.1, -0.05) is 44.2 Å². The Morgan fingerprint density at radius 1 is 1.03 bits per heavy atom. The van der Waals surface area contributed by atoms with Gasteiger partial charge in [-0.3, -0.25) is 0 Å². The van der Waals surface area contributed by atoms with Crippen LogP contribution in [0.1, 0.15) is 56.7 Å². The van der Waals surface area contributed by atoms with Crippen LogP contribution in [0.2, 0.25) is 0 Å².